The van der Waals surface area contributed by atoms with Crippen LogP contribution in [0.4, 0.5) is 0 Å². The Morgan fingerprint density at radius 1 is 1.21 bits per heavy atom. The normalized spacial score (nSPS) is 8.43. The van der Waals surface area contributed by atoms with Gasteiger partial charge in [-0.2, -0.15) is 6.42 Å². The van der Waals surface area contributed by atoms with Gasteiger partial charge in [-0.1, -0.05) is 18.6 Å². The van der Waals surface area contributed by atoms with Crippen molar-refractivity contribution in [3.05, 3.63) is 36.8 Å². The van der Waals surface area contributed by atoms with Gasteiger partial charge in [0.2, 0.25) is 0 Å². The van der Waals surface area contributed by atoms with E-state index in [1.165, 1.54) is 5.56 Å². The second-order valence-electron chi connectivity index (χ2n) is 2.81. The van der Waals surface area contributed by atoms with E-state index in [1.807, 2.05) is 12.1 Å². The number of benzene rings is 1. The SMILES string of the molecule is [Br-].[CH2-]CCCc1ccc(OC)cc1.[Mg+2]. The molecule has 1 rings (SSSR count). The molecule has 0 radical (unpaired) electrons. The van der Waals surface area contributed by atoms with Crippen LogP contribution >= 0.6 is 0 Å². The van der Waals surface area contributed by atoms with Crippen LogP contribution in [0, 0.1) is 6.92 Å². The number of hydrogen-bond acceptors (Lipinski definition) is 1. The van der Waals surface area contributed by atoms with Crippen molar-refractivity contribution in [1.29, 1.82) is 0 Å². The summed E-state index contributed by atoms with van der Waals surface area (Å²) in [4.78, 5) is 0. The molecule has 14 heavy (non-hydrogen) atoms. The summed E-state index contributed by atoms with van der Waals surface area (Å²) in [6, 6.07) is 8.21. The Labute approximate surface area is 113 Å². The fourth-order valence-corrected chi connectivity index (χ4v) is 1.12. The van der Waals surface area contributed by atoms with Crippen LogP contribution in [0.5, 0.6) is 5.75 Å². The fourth-order valence-electron chi connectivity index (χ4n) is 1.12. The maximum Gasteiger partial charge on any atom is 2.00 e. The second-order valence-corrected chi connectivity index (χ2v) is 2.81. The van der Waals surface area contributed by atoms with Crippen molar-refractivity contribution in [2.75, 3.05) is 7.11 Å². The summed E-state index contributed by atoms with van der Waals surface area (Å²) in [5, 5.41) is 0. The Kier molecular flexibility index (Phi) is 11.7. The van der Waals surface area contributed by atoms with Crippen molar-refractivity contribution < 1.29 is 21.7 Å². The Hall–Kier alpha value is 0.266. The van der Waals surface area contributed by atoms with Gasteiger partial charge >= 0.3 is 23.1 Å². The number of rotatable bonds is 4. The maximum absolute atomic E-state index is 5.06. The summed E-state index contributed by atoms with van der Waals surface area (Å²) in [5.41, 5.74) is 1.36. The molecule has 0 aliphatic heterocycles. The number of unbranched alkanes of at least 4 members (excludes halogenated alkanes) is 1. The van der Waals surface area contributed by atoms with Crippen molar-refractivity contribution in [1.82, 2.24) is 0 Å². The Morgan fingerprint density at radius 3 is 2.21 bits per heavy atom. The first-order chi connectivity index (χ1) is 5.86. The number of methoxy groups -OCH3 is 1. The zero-order valence-electron chi connectivity index (χ0n) is 8.63. The van der Waals surface area contributed by atoms with Crippen LogP contribution in [-0.4, -0.2) is 30.2 Å². The molecule has 0 amide bonds. The molecular weight excluding hydrogens is 252 g/mol. The van der Waals surface area contributed by atoms with E-state index in [2.05, 4.69) is 19.1 Å². The minimum Gasteiger partial charge on any atom is -1.00 e. The molecule has 0 saturated heterocycles. The molecule has 0 unspecified atom stereocenters. The second kappa shape index (κ2) is 9.81. The van der Waals surface area contributed by atoms with Gasteiger partial charge in [0, 0.05) is 0 Å². The Balaban J connectivity index is 0. The topological polar surface area (TPSA) is 9.23 Å². The van der Waals surface area contributed by atoms with E-state index in [9.17, 15) is 0 Å². The minimum absolute atomic E-state index is 0. The molecular formula is C11H15BrMgO. The average molecular weight is 267 g/mol. The van der Waals surface area contributed by atoms with E-state index in [4.69, 9.17) is 4.74 Å². The molecule has 1 nitrogen and oxygen atoms in total. The Bertz CT molecular complexity index is 223. The molecule has 74 valence electrons. The monoisotopic (exact) mass is 266 g/mol. The Morgan fingerprint density at radius 2 is 1.79 bits per heavy atom. The number of halogens is 1. The molecule has 3 heteroatoms. The fraction of sp³-hybridized carbons (Fsp3) is 0.364. The quantitative estimate of drug-likeness (QED) is 0.527. The van der Waals surface area contributed by atoms with Crippen molar-refractivity contribution in [3.8, 4) is 5.75 Å². The van der Waals surface area contributed by atoms with Crippen LogP contribution in [0.25, 0.3) is 0 Å². The third kappa shape index (κ3) is 5.88. The molecule has 0 atom stereocenters. The summed E-state index contributed by atoms with van der Waals surface area (Å²) in [6.07, 6.45) is 3.28. The van der Waals surface area contributed by atoms with Gasteiger partial charge in [-0.15, -0.1) is 0 Å². The average Bonchev–Trinajstić information content (AvgIpc) is 2.15. The third-order valence-electron chi connectivity index (χ3n) is 1.87. The molecule has 0 aliphatic rings. The van der Waals surface area contributed by atoms with Gasteiger partial charge in [0.1, 0.15) is 5.75 Å². The smallest absolute Gasteiger partial charge is 1.00 e. The van der Waals surface area contributed by atoms with E-state index in [0.717, 1.165) is 25.0 Å². The summed E-state index contributed by atoms with van der Waals surface area (Å²) < 4.78 is 5.06. The van der Waals surface area contributed by atoms with Crippen molar-refractivity contribution in [2.24, 2.45) is 0 Å². The zero-order valence-corrected chi connectivity index (χ0v) is 11.6. The molecule has 1 aromatic rings. The number of aryl methyl sites for hydroxylation is 1. The van der Waals surface area contributed by atoms with Crippen LogP contribution in [0.15, 0.2) is 24.3 Å². The molecule has 1 aromatic carbocycles. The maximum atomic E-state index is 5.06. The van der Waals surface area contributed by atoms with Gasteiger partial charge in [-0.05, 0) is 24.1 Å². The first-order valence-corrected chi connectivity index (χ1v) is 4.29. The molecule has 0 bridgehead atoms. The van der Waals surface area contributed by atoms with Crippen molar-refractivity contribution >= 4 is 23.1 Å². The molecule has 0 aliphatic carbocycles. The van der Waals surface area contributed by atoms with Gasteiger partial charge < -0.3 is 28.6 Å². The first kappa shape index (κ1) is 16.7. The van der Waals surface area contributed by atoms with E-state index in [1.54, 1.807) is 7.11 Å². The van der Waals surface area contributed by atoms with E-state index >= 15 is 0 Å². The van der Waals surface area contributed by atoms with Crippen molar-refractivity contribution in [2.45, 2.75) is 19.3 Å². The van der Waals surface area contributed by atoms with Gasteiger partial charge in [0.25, 0.3) is 0 Å². The summed E-state index contributed by atoms with van der Waals surface area (Å²) in [7, 11) is 1.69. The van der Waals surface area contributed by atoms with Gasteiger partial charge in [-0.25, -0.2) is 0 Å². The summed E-state index contributed by atoms with van der Waals surface area (Å²) in [6.45, 7) is 3.81. The zero-order chi connectivity index (χ0) is 8.81. The van der Waals surface area contributed by atoms with Gasteiger partial charge in [0.05, 0.1) is 7.11 Å². The minimum atomic E-state index is 0. The predicted octanol–water partition coefficient (Wildman–Crippen LogP) is -0.525. The van der Waals surface area contributed by atoms with Crippen LogP contribution in [0.2, 0.25) is 0 Å². The molecule has 0 heterocycles. The van der Waals surface area contributed by atoms with E-state index in [-0.39, 0.29) is 40.0 Å². The van der Waals surface area contributed by atoms with Gasteiger partial charge in [-0.3, -0.25) is 0 Å². The number of ether oxygens (including phenoxy) is 1. The van der Waals surface area contributed by atoms with Crippen LogP contribution in [0.1, 0.15) is 18.4 Å². The largest absolute Gasteiger partial charge is 2.00 e. The van der Waals surface area contributed by atoms with Crippen LogP contribution in [-0.2, 0) is 6.42 Å². The number of hydrogen-bond donors (Lipinski definition) is 0. The summed E-state index contributed by atoms with van der Waals surface area (Å²) in [5.74, 6) is 0.924. The molecule has 0 saturated carbocycles. The molecule has 0 fully saturated rings. The van der Waals surface area contributed by atoms with Crippen molar-refractivity contribution in [3.63, 3.8) is 0 Å². The molecule has 0 N–H and O–H groups in total. The predicted molar refractivity (Wildman–Crippen MR) is 57.0 cm³/mol. The van der Waals surface area contributed by atoms with Gasteiger partial charge in [0.15, 0.2) is 0 Å². The van der Waals surface area contributed by atoms with Crippen LogP contribution in [0.3, 0.4) is 0 Å². The third-order valence-corrected chi connectivity index (χ3v) is 1.87. The standard InChI is InChI=1S/C11H15O.BrH.Mg/c1-3-4-5-10-6-8-11(12-2)9-7-10;;/h6-9H,1,3-5H2,2H3;1H;/q-1;;+2/p-1. The molecule has 0 spiro atoms. The van der Waals surface area contributed by atoms with E-state index in [0.29, 0.717) is 0 Å². The molecule has 0 aromatic heterocycles. The van der Waals surface area contributed by atoms with E-state index < -0.39 is 0 Å². The van der Waals surface area contributed by atoms with Crippen LogP contribution < -0.4 is 21.7 Å². The first-order valence-electron chi connectivity index (χ1n) is 4.29. The summed E-state index contributed by atoms with van der Waals surface area (Å²) >= 11 is 0.